The summed E-state index contributed by atoms with van der Waals surface area (Å²) < 4.78 is 6.48. The van der Waals surface area contributed by atoms with Crippen LogP contribution in [0.4, 0.5) is 0 Å². The molecule has 2 unspecified atom stereocenters. The number of hydrogen-bond donors (Lipinski definition) is 1. The standard InChI is InChI=1S/C29H29O2P/c1-21-11-9-17-26(22(2)30)29(21)32-27-18-10-16-25(19-23-12-5-3-6-13-23)28(27)31-20-24-14-7-4-8-15-24/h3-18,22,30,32H,19-20H2,1-2H3. The maximum Gasteiger partial charge on any atom is 0.131 e. The van der Waals surface area contributed by atoms with E-state index in [-0.39, 0.29) is 0 Å². The van der Waals surface area contributed by atoms with Gasteiger partial charge in [0, 0.05) is 11.7 Å². The summed E-state index contributed by atoms with van der Waals surface area (Å²) in [5.74, 6) is 0.957. The van der Waals surface area contributed by atoms with E-state index in [0.29, 0.717) is 15.2 Å². The van der Waals surface area contributed by atoms with Crippen molar-refractivity contribution in [2.24, 2.45) is 0 Å². The summed E-state index contributed by atoms with van der Waals surface area (Å²) in [7, 11) is 0.406. The summed E-state index contributed by atoms with van der Waals surface area (Å²) in [5.41, 5.74) is 5.79. The van der Waals surface area contributed by atoms with E-state index in [2.05, 4.69) is 67.6 Å². The van der Waals surface area contributed by atoms with Crippen LogP contribution in [-0.4, -0.2) is 5.11 Å². The van der Waals surface area contributed by atoms with Gasteiger partial charge in [-0.15, -0.1) is 0 Å². The molecule has 0 saturated carbocycles. The van der Waals surface area contributed by atoms with Crippen LogP contribution in [0.3, 0.4) is 0 Å². The summed E-state index contributed by atoms with van der Waals surface area (Å²) >= 11 is 0. The van der Waals surface area contributed by atoms with Gasteiger partial charge < -0.3 is 9.84 Å². The Morgan fingerprint density at radius 2 is 1.44 bits per heavy atom. The summed E-state index contributed by atoms with van der Waals surface area (Å²) in [5, 5.41) is 12.7. The van der Waals surface area contributed by atoms with Gasteiger partial charge in [-0.05, 0) is 47.0 Å². The maximum absolute atomic E-state index is 10.4. The molecule has 0 aliphatic rings. The number of aliphatic hydroxyl groups excluding tert-OH is 1. The molecule has 0 radical (unpaired) electrons. The molecular weight excluding hydrogens is 411 g/mol. The van der Waals surface area contributed by atoms with Gasteiger partial charge in [-0.2, -0.15) is 0 Å². The van der Waals surface area contributed by atoms with E-state index >= 15 is 0 Å². The Balaban J connectivity index is 1.72. The smallest absolute Gasteiger partial charge is 0.131 e. The van der Waals surface area contributed by atoms with Crippen molar-refractivity contribution >= 4 is 19.2 Å². The highest BCUT2D eigenvalue weighted by Gasteiger charge is 2.16. The minimum Gasteiger partial charge on any atom is -0.488 e. The average molecular weight is 441 g/mol. The summed E-state index contributed by atoms with van der Waals surface area (Å²) in [4.78, 5) is 0. The second-order valence-electron chi connectivity index (χ2n) is 8.07. The van der Waals surface area contributed by atoms with Crippen LogP contribution in [0, 0.1) is 6.92 Å². The van der Waals surface area contributed by atoms with Gasteiger partial charge in [0.25, 0.3) is 0 Å². The van der Waals surface area contributed by atoms with Gasteiger partial charge in [0.15, 0.2) is 0 Å². The Hall–Kier alpha value is -2.93. The first-order chi connectivity index (χ1) is 15.6. The molecule has 4 aromatic carbocycles. The van der Waals surface area contributed by atoms with Gasteiger partial charge in [-0.25, -0.2) is 0 Å². The number of benzene rings is 4. The highest BCUT2D eigenvalue weighted by Crippen LogP contribution is 2.29. The van der Waals surface area contributed by atoms with Gasteiger partial charge in [-0.1, -0.05) is 106 Å². The number of rotatable bonds is 8. The van der Waals surface area contributed by atoms with Gasteiger partial charge in [0.05, 0.1) is 6.10 Å². The van der Waals surface area contributed by atoms with Crippen molar-refractivity contribution in [2.45, 2.75) is 33.0 Å². The van der Waals surface area contributed by atoms with Crippen LogP contribution in [0.1, 0.15) is 40.8 Å². The summed E-state index contributed by atoms with van der Waals surface area (Å²) in [6, 6.07) is 33.4. The lowest BCUT2D eigenvalue weighted by Crippen LogP contribution is -2.17. The van der Waals surface area contributed by atoms with Gasteiger partial charge >= 0.3 is 0 Å². The molecule has 0 aromatic heterocycles. The SMILES string of the molecule is Cc1cccc(C(C)O)c1Pc1cccc(Cc2ccccc2)c1OCc1ccccc1. The van der Waals surface area contributed by atoms with Crippen LogP contribution >= 0.6 is 8.58 Å². The van der Waals surface area contributed by atoms with Crippen molar-refractivity contribution in [3.05, 3.63) is 125 Å². The lowest BCUT2D eigenvalue weighted by atomic mass is 10.0. The summed E-state index contributed by atoms with van der Waals surface area (Å²) in [6.07, 6.45) is 0.318. The van der Waals surface area contributed by atoms with Crippen molar-refractivity contribution < 1.29 is 9.84 Å². The Labute approximate surface area is 192 Å². The molecule has 4 aromatic rings. The quantitative estimate of drug-likeness (QED) is 0.349. The van der Waals surface area contributed by atoms with Crippen molar-refractivity contribution in [3.8, 4) is 5.75 Å². The third-order valence-electron chi connectivity index (χ3n) is 5.57. The first-order valence-electron chi connectivity index (χ1n) is 11.0. The zero-order valence-corrected chi connectivity index (χ0v) is 19.6. The zero-order chi connectivity index (χ0) is 22.3. The minimum absolute atomic E-state index is 0.406. The molecule has 162 valence electrons. The molecule has 32 heavy (non-hydrogen) atoms. The van der Waals surface area contributed by atoms with E-state index in [0.717, 1.165) is 23.3 Å². The molecule has 0 spiro atoms. The van der Waals surface area contributed by atoms with Gasteiger partial charge in [0.2, 0.25) is 0 Å². The third-order valence-corrected chi connectivity index (χ3v) is 7.17. The average Bonchev–Trinajstić information content (AvgIpc) is 2.81. The predicted molar refractivity (Wildman–Crippen MR) is 136 cm³/mol. The van der Waals surface area contributed by atoms with Gasteiger partial charge in [0.1, 0.15) is 12.4 Å². The number of para-hydroxylation sites is 1. The Morgan fingerprint density at radius 1 is 0.781 bits per heavy atom. The lowest BCUT2D eigenvalue weighted by molar-refractivity contribution is 0.200. The fraction of sp³-hybridized carbons (Fsp3) is 0.172. The van der Waals surface area contributed by atoms with E-state index in [1.54, 1.807) is 0 Å². The number of aliphatic hydroxyl groups is 1. The van der Waals surface area contributed by atoms with E-state index in [1.807, 2.05) is 43.3 Å². The maximum atomic E-state index is 10.4. The molecule has 2 nitrogen and oxygen atoms in total. The van der Waals surface area contributed by atoms with Crippen molar-refractivity contribution in [1.29, 1.82) is 0 Å². The molecular formula is C29H29O2P. The molecule has 0 aliphatic heterocycles. The van der Waals surface area contributed by atoms with Crippen molar-refractivity contribution in [1.82, 2.24) is 0 Å². The second kappa shape index (κ2) is 10.6. The van der Waals surface area contributed by atoms with Crippen molar-refractivity contribution in [2.75, 3.05) is 0 Å². The van der Waals surface area contributed by atoms with E-state index in [1.165, 1.54) is 27.3 Å². The Morgan fingerprint density at radius 3 is 2.12 bits per heavy atom. The Bertz CT molecular complexity index is 1150. The molecule has 0 fully saturated rings. The molecule has 0 bridgehead atoms. The molecule has 0 heterocycles. The van der Waals surface area contributed by atoms with Crippen LogP contribution in [0.2, 0.25) is 0 Å². The molecule has 3 heteroatoms. The highest BCUT2D eigenvalue weighted by molar-refractivity contribution is 7.56. The second-order valence-corrected chi connectivity index (χ2v) is 9.36. The topological polar surface area (TPSA) is 29.5 Å². The monoisotopic (exact) mass is 440 g/mol. The highest BCUT2D eigenvalue weighted by atomic mass is 31.1. The zero-order valence-electron chi connectivity index (χ0n) is 18.6. The van der Waals surface area contributed by atoms with Crippen LogP contribution in [0.15, 0.2) is 97.1 Å². The number of ether oxygens (including phenoxy) is 1. The van der Waals surface area contributed by atoms with Crippen LogP contribution in [0.25, 0.3) is 0 Å². The van der Waals surface area contributed by atoms with Crippen LogP contribution < -0.4 is 15.3 Å². The fourth-order valence-electron chi connectivity index (χ4n) is 3.88. The molecule has 2 atom stereocenters. The molecule has 0 amide bonds. The van der Waals surface area contributed by atoms with Crippen molar-refractivity contribution in [3.63, 3.8) is 0 Å². The van der Waals surface area contributed by atoms with Crippen LogP contribution in [0.5, 0.6) is 5.75 Å². The molecule has 1 N–H and O–H groups in total. The number of aryl methyl sites for hydroxylation is 1. The van der Waals surface area contributed by atoms with E-state index in [9.17, 15) is 5.11 Å². The number of hydrogen-bond acceptors (Lipinski definition) is 2. The van der Waals surface area contributed by atoms with E-state index in [4.69, 9.17) is 4.74 Å². The molecule has 4 rings (SSSR count). The molecule has 0 saturated heterocycles. The fourth-order valence-corrected chi connectivity index (χ4v) is 5.39. The van der Waals surface area contributed by atoms with E-state index < -0.39 is 6.10 Å². The first kappa shape index (κ1) is 22.3. The first-order valence-corrected chi connectivity index (χ1v) is 12.0. The normalized spacial score (nSPS) is 12.2. The van der Waals surface area contributed by atoms with Crippen LogP contribution in [-0.2, 0) is 13.0 Å². The molecule has 0 aliphatic carbocycles. The van der Waals surface area contributed by atoms with Gasteiger partial charge in [-0.3, -0.25) is 0 Å². The predicted octanol–water partition coefficient (Wildman–Crippen LogP) is 5.85. The third kappa shape index (κ3) is 5.46. The Kier molecular flexibility index (Phi) is 7.37. The lowest BCUT2D eigenvalue weighted by Gasteiger charge is -2.19. The largest absolute Gasteiger partial charge is 0.488 e. The minimum atomic E-state index is -0.501. The summed E-state index contributed by atoms with van der Waals surface area (Å²) in [6.45, 7) is 4.48.